The Morgan fingerprint density at radius 2 is 1.05 bits per heavy atom. The molecule has 2 heterocycles. The van der Waals surface area contributed by atoms with Crippen LogP contribution in [-0.4, -0.2) is 77.5 Å². The summed E-state index contributed by atoms with van der Waals surface area (Å²) in [4.78, 5) is 72.6. The number of esters is 5. The van der Waals surface area contributed by atoms with Crippen LogP contribution in [0, 0.1) is 0 Å². The largest absolute Gasteiger partial charge is 0.461 e. The zero-order chi connectivity index (χ0) is 38.7. The normalized spacial score (nSPS) is 17.5. The first-order valence-electron chi connectivity index (χ1n) is 17.7. The Morgan fingerprint density at radius 3 is 1.58 bits per heavy atom. The Labute approximate surface area is 316 Å². The number of carbonyl (C=O) groups excluding carboxylic acids is 5. The minimum atomic E-state index is -1.51. The number of ether oxygens (including phenoxy) is 6. The van der Waals surface area contributed by atoms with Crippen LogP contribution in [0.1, 0.15) is 83.5 Å². The minimum absolute atomic E-state index is 0.0222. The fourth-order valence-corrected chi connectivity index (χ4v) is 6.06. The number of rotatable bonds is 14. The standard InChI is InChI=1S/C42H38N2O11/c1-3-50-41(48)33-34(42(49)51-4-2)44(32(43-33)25-27-17-9-5-10-18-27)37-36(55-40(47)30-23-15-8-16-24-30)35(54-39(46)29-21-13-7-14-22-29)31(53-37)26-52-38(45)28-19-11-6-12-20-28/h5-24,31,35-37H,3-4,25-26H2,1-2H3/t31-,35-,36-,37-/m1/s1. The number of hydrogen-bond acceptors (Lipinski definition) is 12. The van der Waals surface area contributed by atoms with Crippen molar-refractivity contribution in [2.24, 2.45) is 0 Å². The number of benzene rings is 4. The van der Waals surface area contributed by atoms with Gasteiger partial charge in [0.2, 0.25) is 0 Å². The van der Waals surface area contributed by atoms with Gasteiger partial charge in [-0.1, -0.05) is 84.9 Å². The lowest BCUT2D eigenvalue weighted by Gasteiger charge is -2.26. The maximum Gasteiger partial charge on any atom is 0.359 e. The SMILES string of the molecule is CCOC(=O)c1nc(Cc2ccccc2)n([C@@H]2O[C@H](COC(=O)c3ccccc3)[C@@H](OC(=O)c3ccccc3)[C@H]2OC(=O)c2ccccc2)c1C(=O)OCC. The Balaban J connectivity index is 1.51. The number of hydrogen-bond donors (Lipinski definition) is 0. The molecular weight excluding hydrogens is 708 g/mol. The van der Waals surface area contributed by atoms with Crippen LogP contribution in [0.25, 0.3) is 0 Å². The highest BCUT2D eigenvalue weighted by Gasteiger charge is 2.53. The van der Waals surface area contributed by atoms with Gasteiger partial charge in [0.1, 0.15) is 18.5 Å². The van der Waals surface area contributed by atoms with Crippen molar-refractivity contribution < 1.29 is 52.4 Å². The molecule has 1 aromatic heterocycles. The van der Waals surface area contributed by atoms with Gasteiger partial charge >= 0.3 is 29.8 Å². The number of carbonyl (C=O) groups is 5. The summed E-state index contributed by atoms with van der Waals surface area (Å²) in [6.45, 7) is 2.65. The van der Waals surface area contributed by atoms with Gasteiger partial charge in [-0.05, 0) is 55.8 Å². The smallest absolute Gasteiger partial charge is 0.359 e. The van der Waals surface area contributed by atoms with E-state index in [4.69, 9.17) is 28.4 Å². The van der Waals surface area contributed by atoms with Gasteiger partial charge in [-0.15, -0.1) is 0 Å². The average molecular weight is 747 g/mol. The number of imidazole rings is 1. The van der Waals surface area contributed by atoms with Crippen LogP contribution in [-0.2, 0) is 34.8 Å². The first kappa shape index (κ1) is 38.1. The van der Waals surface area contributed by atoms with Crippen molar-refractivity contribution in [2.45, 2.75) is 44.8 Å². The zero-order valence-corrected chi connectivity index (χ0v) is 30.1. The molecule has 6 rings (SSSR count). The highest BCUT2D eigenvalue weighted by atomic mass is 16.7. The summed E-state index contributed by atoms with van der Waals surface area (Å²) in [7, 11) is 0. The van der Waals surface area contributed by atoms with Gasteiger partial charge in [0.15, 0.2) is 29.8 Å². The van der Waals surface area contributed by atoms with Crippen molar-refractivity contribution in [3.63, 3.8) is 0 Å². The Kier molecular flexibility index (Phi) is 12.4. The van der Waals surface area contributed by atoms with E-state index in [2.05, 4.69) is 4.98 Å². The molecule has 282 valence electrons. The van der Waals surface area contributed by atoms with E-state index >= 15 is 0 Å². The summed E-state index contributed by atoms with van der Waals surface area (Å²) < 4.78 is 36.5. The van der Waals surface area contributed by atoms with E-state index in [1.165, 1.54) is 16.7 Å². The molecule has 0 bridgehead atoms. The quantitative estimate of drug-likeness (QED) is 0.0961. The highest BCUT2D eigenvalue weighted by molar-refractivity contribution is 6.01. The molecule has 5 aromatic rings. The molecule has 0 unspecified atom stereocenters. The van der Waals surface area contributed by atoms with Crippen LogP contribution in [0.2, 0.25) is 0 Å². The molecule has 4 atom stereocenters. The van der Waals surface area contributed by atoms with Gasteiger partial charge in [0.05, 0.1) is 29.9 Å². The maximum absolute atomic E-state index is 13.9. The zero-order valence-electron chi connectivity index (χ0n) is 30.1. The molecule has 0 radical (unpaired) electrons. The van der Waals surface area contributed by atoms with Crippen molar-refractivity contribution >= 4 is 29.8 Å². The molecule has 0 spiro atoms. The van der Waals surface area contributed by atoms with Gasteiger partial charge in [0, 0.05) is 6.42 Å². The predicted octanol–water partition coefficient (Wildman–Crippen LogP) is 6.03. The lowest BCUT2D eigenvalue weighted by molar-refractivity contribution is -0.0641. The first-order valence-corrected chi connectivity index (χ1v) is 17.7. The second-order valence-electron chi connectivity index (χ2n) is 12.2. The van der Waals surface area contributed by atoms with Crippen LogP contribution in [0.3, 0.4) is 0 Å². The molecule has 0 saturated carbocycles. The Morgan fingerprint density at radius 1 is 0.582 bits per heavy atom. The average Bonchev–Trinajstić information content (AvgIpc) is 3.75. The van der Waals surface area contributed by atoms with E-state index in [1.54, 1.807) is 92.7 Å². The third-order valence-electron chi connectivity index (χ3n) is 8.56. The molecule has 13 nitrogen and oxygen atoms in total. The van der Waals surface area contributed by atoms with Crippen molar-refractivity contribution in [1.82, 2.24) is 9.55 Å². The van der Waals surface area contributed by atoms with Gasteiger partial charge in [-0.2, -0.15) is 0 Å². The Bertz CT molecular complexity index is 2100. The summed E-state index contributed by atoms with van der Waals surface area (Å²) in [6.07, 6.45) is -5.63. The second-order valence-corrected chi connectivity index (χ2v) is 12.2. The summed E-state index contributed by atoms with van der Waals surface area (Å²) in [5, 5.41) is 0. The van der Waals surface area contributed by atoms with Crippen LogP contribution < -0.4 is 0 Å². The minimum Gasteiger partial charge on any atom is -0.461 e. The van der Waals surface area contributed by atoms with E-state index in [9.17, 15) is 24.0 Å². The molecule has 55 heavy (non-hydrogen) atoms. The molecule has 1 aliphatic rings. The van der Waals surface area contributed by atoms with E-state index in [0.717, 1.165) is 5.56 Å². The Hall–Kier alpha value is -6.60. The topological polar surface area (TPSA) is 159 Å². The van der Waals surface area contributed by atoms with E-state index in [1.807, 2.05) is 30.3 Å². The molecule has 1 saturated heterocycles. The number of nitrogens with zero attached hydrogens (tertiary/aromatic N) is 2. The maximum atomic E-state index is 13.9. The summed E-state index contributed by atoms with van der Waals surface area (Å²) in [6, 6.07) is 33.6. The molecule has 0 N–H and O–H groups in total. The lowest BCUT2D eigenvalue weighted by atomic mass is 10.1. The monoisotopic (exact) mass is 746 g/mol. The van der Waals surface area contributed by atoms with Gasteiger partial charge < -0.3 is 28.4 Å². The molecule has 1 fully saturated rings. The summed E-state index contributed by atoms with van der Waals surface area (Å²) in [5.41, 5.74) is 0.651. The highest BCUT2D eigenvalue weighted by Crippen LogP contribution is 2.38. The van der Waals surface area contributed by atoms with Crippen molar-refractivity contribution in [3.8, 4) is 0 Å². The third kappa shape index (κ3) is 8.96. The van der Waals surface area contributed by atoms with E-state index < -0.39 is 61.0 Å². The summed E-state index contributed by atoms with van der Waals surface area (Å²) >= 11 is 0. The second kappa shape index (κ2) is 18.0. The molecule has 0 aliphatic carbocycles. The molecule has 13 heteroatoms. The van der Waals surface area contributed by atoms with Crippen LogP contribution >= 0.6 is 0 Å². The van der Waals surface area contributed by atoms with Crippen LogP contribution in [0.5, 0.6) is 0 Å². The van der Waals surface area contributed by atoms with Crippen LogP contribution in [0.4, 0.5) is 0 Å². The predicted molar refractivity (Wildman–Crippen MR) is 195 cm³/mol. The third-order valence-corrected chi connectivity index (χ3v) is 8.56. The fourth-order valence-electron chi connectivity index (χ4n) is 6.06. The van der Waals surface area contributed by atoms with Gasteiger partial charge in [-0.25, -0.2) is 29.0 Å². The summed E-state index contributed by atoms with van der Waals surface area (Å²) in [5.74, 6) is -4.00. The van der Waals surface area contributed by atoms with Gasteiger partial charge in [-0.3, -0.25) is 4.57 Å². The van der Waals surface area contributed by atoms with Crippen molar-refractivity contribution in [1.29, 1.82) is 0 Å². The molecular formula is C42H38N2O11. The molecule has 4 aromatic carbocycles. The van der Waals surface area contributed by atoms with Crippen molar-refractivity contribution in [2.75, 3.05) is 19.8 Å². The van der Waals surface area contributed by atoms with E-state index in [0.29, 0.717) is 0 Å². The number of aromatic nitrogens is 2. The molecule has 1 aliphatic heterocycles. The lowest BCUT2D eigenvalue weighted by Crippen LogP contribution is -2.41. The van der Waals surface area contributed by atoms with Crippen LogP contribution in [0.15, 0.2) is 121 Å². The van der Waals surface area contributed by atoms with Gasteiger partial charge in [0.25, 0.3) is 0 Å². The molecule has 0 amide bonds. The fraction of sp³-hybridized carbons (Fsp3) is 0.238. The first-order chi connectivity index (χ1) is 26.8. The van der Waals surface area contributed by atoms with E-state index in [-0.39, 0.29) is 53.5 Å². The van der Waals surface area contributed by atoms with Crippen molar-refractivity contribution in [3.05, 3.63) is 161 Å².